The van der Waals surface area contributed by atoms with Gasteiger partial charge in [0.1, 0.15) is 0 Å². The molecular formula is C18H19Cl2N3O. The molecule has 1 saturated heterocycles. The fourth-order valence-corrected chi connectivity index (χ4v) is 3.13. The first-order valence-electron chi connectivity index (χ1n) is 8.10. The minimum absolute atomic E-state index is 0.211. The second-order valence-electron chi connectivity index (χ2n) is 5.92. The Labute approximate surface area is 151 Å². The molecule has 1 aliphatic rings. The van der Waals surface area contributed by atoms with E-state index in [9.17, 15) is 4.79 Å². The van der Waals surface area contributed by atoms with E-state index < -0.39 is 0 Å². The third-order valence-electron chi connectivity index (χ3n) is 4.13. The van der Waals surface area contributed by atoms with E-state index in [0.717, 1.165) is 18.8 Å². The molecule has 1 aliphatic heterocycles. The Morgan fingerprint density at radius 1 is 1.00 bits per heavy atom. The van der Waals surface area contributed by atoms with Crippen LogP contribution in [0.3, 0.4) is 0 Å². The molecule has 0 radical (unpaired) electrons. The molecule has 0 atom stereocenters. The number of carbonyl (C=O) groups is 1. The van der Waals surface area contributed by atoms with Crippen molar-refractivity contribution in [3.8, 4) is 0 Å². The lowest BCUT2D eigenvalue weighted by atomic mass is 10.2. The molecule has 1 N–H and O–H groups in total. The molecule has 1 amide bonds. The Bertz CT molecular complexity index is 728. The monoisotopic (exact) mass is 363 g/mol. The summed E-state index contributed by atoms with van der Waals surface area (Å²) in [6.07, 6.45) is 8.29. The molecule has 1 aromatic heterocycles. The summed E-state index contributed by atoms with van der Waals surface area (Å²) >= 11 is 11.9. The number of rotatable bonds is 3. The van der Waals surface area contributed by atoms with Crippen LogP contribution in [0.1, 0.15) is 36.0 Å². The summed E-state index contributed by atoms with van der Waals surface area (Å²) in [5.74, 6) is -0.211. The SMILES string of the molecule is O=C(Nc1ccc(Cl)c(Cl)c1)c1cncc(N2CCCCCC2)c1. The maximum Gasteiger partial charge on any atom is 0.257 e. The first-order valence-corrected chi connectivity index (χ1v) is 8.85. The van der Waals surface area contributed by atoms with Gasteiger partial charge in [0.05, 0.1) is 27.5 Å². The van der Waals surface area contributed by atoms with Crippen LogP contribution < -0.4 is 10.2 Å². The van der Waals surface area contributed by atoms with E-state index in [1.54, 1.807) is 24.4 Å². The van der Waals surface area contributed by atoms with Crippen molar-refractivity contribution < 1.29 is 4.79 Å². The van der Waals surface area contributed by atoms with Crippen LogP contribution in [0.25, 0.3) is 0 Å². The third kappa shape index (κ3) is 4.19. The van der Waals surface area contributed by atoms with Crippen molar-refractivity contribution in [3.05, 3.63) is 52.3 Å². The average Bonchev–Trinajstić information content (AvgIpc) is 2.88. The van der Waals surface area contributed by atoms with Gasteiger partial charge in [-0.05, 0) is 37.1 Å². The van der Waals surface area contributed by atoms with E-state index in [1.807, 2.05) is 12.3 Å². The molecule has 3 rings (SSSR count). The van der Waals surface area contributed by atoms with Crippen LogP contribution in [0.4, 0.5) is 11.4 Å². The second kappa shape index (κ2) is 7.86. The van der Waals surface area contributed by atoms with Crippen LogP contribution in [0, 0.1) is 0 Å². The Balaban J connectivity index is 1.74. The summed E-state index contributed by atoms with van der Waals surface area (Å²) in [7, 11) is 0. The second-order valence-corrected chi connectivity index (χ2v) is 6.73. The number of halogens is 2. The summed E-state index contributed by atoms with van der Waals surface area (Å²) < 4.78 is 0. The van der Waals surface area contributed by atoms with E-state index in [4.69, 9.17) is 23.2 Å². The number of pyridine rings is 1. The van der Waals surface area contributed by atoms with E-state index in [1.165, 1.54) is 25.7 Å². The number of nitrogens with zero attached hydrogens (tertiary/aromatic N) is 2. The van der Waals surface area contributed by atoms with Crippen LogP contribution in [-0.2, 0) is 0 Å². The first-order chi connectivity index (χ1) is 11.6. The Kier molecular flexibility index (Phi) is 5.59. The molecule has 2 aromatic rings. The number of benzene rings is 1. The maximum absolute atomic E-state index is 12.5. The predicted octanol–water partition coefficient (Wildman–Crippen LogP) is 5.02. The smallest absolute Gasteiger partial charge is 0.257 e. The van der Waals surface area contributed by atoms with E-state index >= 15 is 0 Å². The molecule has 0 unspecified atom stereocenters. The van der Waals surface area contributed by atoms with Gasteiger partial charge >= 0.3 is 0 Å². The van der Waals surface area contributed by atoms with Crippen molar-refractivity contribution in [1.82, 2.24) is 4.98 Å². The quantitative estimate of drug-likeness (QED) is 0.832. The molecule has 0 bridgehead atoms. The summed E-state index contributed by atoms with van der Waals surface area (Å²) in [5, 5.41) is 3.69. The molecule has 1 aromatic carbocycles. The van der Waals surface area contributed by atoms with Crippen molar-refractivity contribution in [2.75, 3.05) is 23.3 Å². The summed E-state index contributed by atoms with van der Waals surface area (Å²) in [5.41, 5.74) is 2.14. The number of nitrogens with one attached hydrogen (secondary N) is 1. The van der Waals surface area contributed by atoms with Crippen LogP contribution in [0.15, 0.2) is 36.7 Å². The fraction of sp³-hybridized carbons (Fsp3) is 0.333. The number of hydrogen-bond acceptors (Lipinski definition) is 3. The maximum atomic E-state index is 12.5. The van der Waals surface area contributed by atoms with Gasteiger partial charge in [0.2, 0.25) is 0 Å². The number of carbonyl (C=O) groups excluding carboxylic acids is 1. The molecular weight excluding hydrogens is 345 g/mol. The highest BCUT2D eigenvalue weighted by atomic mass is 35.5. The average molecular weight is 364 g/mol. The minimum atomic E-state index is -0.211. The van der Waals surface area contributed by atoms with Gasteiger partial charge in [-0.3, -0.25) is 9.78 Å². The molecule has 24 heavy (non-hydrogen) atoms. The van der Waals surface area contributed by atoms with Gasteiger partial charge in [0, 0.05) is 25.0 Å². The highest BCUT2D eigenvalue weighted by molar-refractivity contribution is 6.42. The van der Waals surface area contributed by atoms with Crippen LogP contribution in [-0.4, -0.2) is 24.0 Å². The third-order valence-corrected chi connectivity index (χ3v) is 4.87. The Morgan fingerprint density at radius 2 is 1.75 bits per heavy atom. The number of aromatic nitrogens is 1. The summed E-state index contributed by atoms with van der Waals surface area (Å²) in [4.78, 5) is 19.0. The molecule has 126 valence electrons. The molecule has 2 heterocycles. The number of hydrogen-bond donors (Lipinski definition) is 1. The predicted molar refractivity (Wildman–Crippen MR) is 99.3 cm³/mol. The topological polar surface area (TPSA) is 45.2 Å². The zero-order valence-electron chi connectivity index (χ0n) is 13.3. The van der Waals surface area contributed by atoms with Gasteiger partial charge in [-0.15, -0.1) is 0 Å². The molecule has 4 nitrogen and oxygen atoms in total. The molecule has 0 spiro atoms. The van der Waals surface area contributed by atoms with E-state index in [2.05, 4.69) is 15.2 Å². The Hall–Kier alpha value is -1.78. The lowest BCUT2D eigenvalue weighted by Crippen LogP contribution is -2.24. The normalized spacial score (nSPS) is 15.0. The van der Waals surface area contributed by atoms with Gasteiger partial charge in [0.25, 0.3) is 5.91 Å². The van der Waals surface area contributed by atoms with Crippen molar-refractivity contribution in [2.24, 2.45) is 0 Å². The number of anilines is 2. The van der Waals surface area contributed by atoms with Gasteiger partial charge in [-0.2, -0.15) is 0 Å². The highest BCUT2D eigenvalue weighted by Gasteiger charge is 2.13. The van der Waals surface area contributed by atoms with Gasteiger partial charge in [-0.1, -0.05) is 36.0 Å². The highest BCUT2D eigenvalue weighted by Crippen LogP contribution is 2.25. The molecule has 0 saturated carbocycles. The first kappa shape index (κ1) is 17.1. The van der Waals surface area contributed by atoms with Crippen molar-refractivity contribution in [2.45, 2.75) is 25.7 Å². The molecule has 1 fully saturated rings. The van der Waals surface area contributed by atoms with Crippen LogP contribution in [0.2, 0.25) is 10.0 Å². The lowest BCUT2D eigenvalue weighted by Gasteiger charge is -2.22. The van der Waals surface area contributed by atoms with Gasteiger partial charge in [-0.25, -0.2) is 0 Å². The van der Waals surface area contributed by atoms with Gasteiger partial charge < -0.3 is 10.2 Å². The largest absolute Gasteiger partial charge is 0.370 e. The van der Waals surface area contributed by atoms with E-state index in [-0.39, 0.29) is 5.91 Å². The standard InChI is InChI=1S/C18H19Cl2N3O/c19-16-6-5-14(10-17(16)20)22-18(24)13-9-15(12-21-11-13)23-7-3-1-2-4-8-23/h5-6,9-12H,1-4,7-8H2,(H,22,24). The summed E-state index contributed by atoms with van der Waals surface area (Å²) in [6.45, 7) is 2.03. The lowest BCUT2D eigenvalue weighted by molar-refractivity contribution is 0.102. The minimum Gasteiger partial charge on any atom is -0.370 e. The van der Waals surface area contributed by atoms with Crippen molar-refractivity contribution in [3.63, 3.8) is 0 Å². The van der Waals surface area contributed by atoms with Gasteiger partial charge in [0.15, 0.2) is 0 Å². The van der Waals surface area contributed by atoms with Crippen LogP contribution >= 0.6 is 23.2 Å². The molecule has 6 heteroatoms. The van der Waals surface area contributed by atoms with Crippen molar-refractivity contribution >= 4 is 40.5 Å². The Morgan fingerprint density at radius 3 is 2.46 bits per heavy atom. The number of amides is 1. The van der Waals surface area contributed by atoms with Crippen LogP contribution in [0.5, 0.6) is 0 Å². The zero-order chi connectivity index (χ0) is 16.9. The summed E-state index contributed by atoms with van der Waals surface area (Å²) in [6, 6.07) is 6.91. The van der Waals surface area contributed by atoms with E-state index in [0.29, 0.717) is 21.3 Å². The zero-order valence-corrected chi connectivity index (χ0v) is 14.8. The molecule has 0 aliphatic carbocycles. The fourth-order valence-electron chi connectivity index (χ4n) is 2.83. The van der Waals surface area contributed by atoms with Crippen molar-refractivity contribution in [1.29, 1.82) is 0 Å².